The summed E-state index contributed by atoms with van der Waals surface area (Å²) < 4.78 is 39.2. The number of thioether (sulfide) groups is 1. The maximum Gasteiger partial charge on any atom is 0.573 e. The van der Waals surface area contributed by atoms with Crippen LogP contribution in [0.15, 0.2) is 23.1 Å². The molecule has 1 rings (SSSR count). The fourth-order valence-electron chi connectivity index (χ4n) is 0.762. The van der Waals surface area contributed by atoms with Gasteiger partial charge in [-0.25, -0.2) is 0 Å². The first-order valence-corrected chi connectivity index (χ1v) is 4.56. The van der Waals surface area contributed by atoms with E-state index in [2.05, 4.69) is 10.8 Å². The van der Waals surface area contributed by atoms with Crippen LogP contribution >= 0.6 is 11.8 Å². The molecule has 1 aromatic carbocycles. The third-order valence-corrected chi connectivity index (χ3v) is 1.98. The Hall–Kier alpha value is -0.840. The summed E-state index contributed by atoms with van der Waals surface area (Å²) in [5.41, 5.74) is 0. The van der Waals surface area contributed by atoms with E-state index in [9.17, 15) is 13.2 Å². The van der Waals surface area contributed by atoms with E-state index in [1.54, 1.807) is 18.4 Å². The van der Waals surface area contributed by atoms with Gasteiger partial charge < -0.3 is 4.74 Å². The highest BCUT2D eigenvalue weighted by Gasteiger charge is 2.31. The van der Waals surface area contributed by atoms with E-state index in [0.29, 0.717) is 4.90 Å². The number of rotatable bonds is 2. The fraction of sp³-hybridized carbons (Fsp3) is 0.250. The molecular formula is C8H6F3OS. The number of ether oxygens (including phenoxy) is 1. The molecule has 0 amide bonds. The minimum absolute atomic E-state index is 0.275. The van der Waals surface area contributed by atoms with Gasteiger partial charge in [-0.15, -0.1) is 24.9 Å². The molecule has 71 valence electrons. The third-order valence-electron chi connectivity index (χ3n) is 1.22. The number of hydrogen-bond donors (Lipinski definition) is 0. The molecule has 0 saturated heterocycles. The monoisotopic (exact) mass is 207 g/mol. The Morgan fingerprint density at radius 1 is 1.46 bits per heavy atom. The van der Waals surface area contributed by atoms with E-state index in [0.717, 1.165) is 0 Å². The Kier molecular flexibility index (Phi) is 3.08. The van der Waals surface area contributed by atoms with Gasteiger partial charge in [0.1, 0.15) is 0 Å². The SMILES string of the molecule is CSc1ccc[c]c1OC(F)(F)F. The van der Waals surface area contributed by atoms with E-state index >= 15 is 0 Å². The van der Waals surface area contributed by atoms with Crippen molar-refractivity contribution in [3.05, 3.63) is 24.3 Å². The molecule has 0 aliphatic heterocycles. The summed E-state index contributed by atoms with van der Waals surface area (Å²) >= 11 is 1.18. The summed E-state index contributed by atoms with van der Waals surface area (Å²) in [4.78, 5) is 0.417. The highest BCUT2D eigenvalue weighted by atomic mass is 32.2. The molecule has 0 bridgehead atoms. The normalized spacial score (nSPS) is 11.4. The molecule has 0 saturated carbocycles. The largest absolute Gasteiger partial charge is 0.573 e. The number of alkyl halides is 3. The average molecular weight is 207 g/mol. The first-order chi connectivity index (χ1) is 6.03. The zero-order valence-electron chi connectivity index (χ0n) is 6.68. The Balaban J connectivity index is 2.87. The summed E-state index contributed by atoms with van der Waals surface area (Å²) in [5.74, 6) is -0.275. The summed E-state index contributed by atoms with van der Waals surface area (Å²) in [6, 6.07) is 6.91. The lowest BCUT2D eigenvalue weighted by Gasteiger charge is -2.10. The standard InChI is InChI=1S/C8H6F3OS/c1-13-7-5-3-2-4-6(7)12-8(9,10)11/h2-3,5H,1H3. The molecule has 1 nitrogen and oxygen atoms in total. The van der Waals surface area contributed by atoms with Crippen molar-refractivity contribution in [1.29, 1.82) is 0 Å². The molecule has 1 aromatic rings. The highest BCUT2D eigenvalue weighted by Crippen LogP contribution is 2.30. The van der Waals surface area contributed by atoms with Crippen LogP contribution in [0.25, 0.3) is 0 Å². The van der Waals surface area contributed by atoms with Crippen molar-refractivity contribution in [1.82, 2.24) is 0 Å². The number of hydrogen-bond acceptors (Lipinski definition) is 2. The van der Waals surface area contributed by atoms with E-state index in [1.807, 2.05) is 0 Å². The number of halogens is 3. The molecule has 0 N–H and O–H groups in total. The van der Waals surface area contributed by atoms with Crippen molar-refractivity contribution in [3.63, 3.8) is 0 Å². The third kappa shape index (κ3) is 3.18. The van der Waals surface area contributed by atoms with Gasteiger partial charge in [0.2, 0.25) is 0 Å². The van der Waals surface area contributed by atoms with Gasteiger partial charge in [0.25, 0.3) is 0 Å². The lowest BCUT2D eigenvalue weighted by molar-refractivity contribution is -0.275. The maximum absolute atomic E-state index is 11.8. The molecule has 0 aromatic heterocycles. The van der Waals surface area contributed by atoms with Crippen molar-refractivity contribution in [2.45, 2.75) is 11.3 Å². The molecule has 5 heteroatoms. The zero-order chi connectivity index (χ0) is 9.90. The predicted molar refractivity (Wildman–Crippen MR) is 43.7 cm³/mol. The molecule has 0 heterocycles. The molecular weight excluding hydrogens is 201 g/mol. The molecule has 0 fully saturated rings. The second kappa shape index (κ2) is 3.91. The predicted octanol–water partition coefficient (Wildman–Crippen LogP) is 3.11. The van der Waals surface area contributed by atoms with Gasteiger partial charge in [0, 0.05) is 6.07 Å². The molecule has 0 aliphatic carbocycles. The molecule has 13 heavy (non-hydrogen) atoms. The van der Waals surface area contributed by atoms with Crippen LogP contribution in [-0.2, 0) is 0 Å². The topological polar surface area (TPSA) is 9.23 Å². The van der Waals surface area contributed by atoms with Crippen LogP contribution < -0.4 is 4.74 Å². The van der Waals surface area contributed by atoms with E-state index in [1.165, 1.54) is 17.8 Å². The molecule has 0 aliphatic rings. The zero-order valence-corrected chi connectivity index (χ0v) is 7.50. The Bertz CT molecular complexity index is 285. The molecule has 1 radical (unpaired) electrons. The van der Waals surface area contributed by atoms with Crippen molar-refractivity contribution < 1.29 is 17.9 Å². The second-order valence-electron chi connectivity index (χ2n) is 2.12. The van der Waals surface area contributed by atoms with Crippen LogP contribution in [0.1, 0.15) is 0 Å². The van der Waals surface area contributed by atoms with Gasteiger partial charge in [-0.05, 0) is 12.3 Å². The van der Waals surface area contributed by atoms with Crippen molar-refractivity contribution >= 4 is 11.8 Å². The summed E-state index contributed by atoms with van der Waals surface area (Å²) in [7, 11) is 0. The molecule has 0 spiro atoms. The van der Waals surface area contributed by atoms with E-state index in [-0.39, 0.29) is 5.75 Å². The molecule has 0 unspecified atom stereocenters. The fourth-order valence-corrected chi connectivity index (χ4v) is 1.26. The van der Waals surface area contributed by atoms with Crippen LogP contribution in [-0.4, -0.2) is 12.6 Å². The second-order valence-corrected chi connectivity index (χ2v) is 2.96. The number of benzene rings is 1. The summed E-state index contributed by atoms with van der Waals surface area (Å²) in [6.45, 7) is 0. The van der Waals surface area contributed by atoms with Crippen LogP contribution in [0.2, 0.25) is 0 Å². The summed E-state index contributed by atoms with van der Waals surface area (Å²) in [6.07, 6.45) is -2.98. The van der Waals surface area contributed by atoms with Crippen molar-refractivity contribution in [3.8, 4) is 5.75 Å². The Morgan fingerprint density at radius 2 is 2.15 bits per heavy atom. The number of para-hydroxylation sites is 1. The first kappa shape index (κ1) is 10.2. The smallest absolute Gasteiger partial charge is 0.404 e. The summed E-state index contributed by atoms with van der Waals surface area (Å²) in [5, 5.41) is 0. The highest BCUT2D eigenvalue weighted by molar-refractivity contribution is 7.98. The van der Waals surface area contributed by atoms with Gasteiger partial charge in [-0.1, -0.05) is 12.1 Å². The first-order valence-electron chi connectivity index (χ1n) is 3.33. The van der Waals surface area contributed by atoms with Gasteiger partial charge in [-0.3, -0.25) is 0 Å². The minimum Gasteiger partial charge on any atom is -0.404 e. The van der Waals surface area contributed by atoms with Crippen molar-refractivity contribution in [2.75, 3.05) is 6.26 Å². The van der Waals surface area contributed by atoms with E-state index < -0.39 is 6.36 Å². The average Bonchev–Trinajstić information content (AvgIpc) is 2.02. The van der Waals surface area contributed by atoms with Gasteiger partial charge in [0.15, 0.2) is 5.75 Å². The van der Waals surface area contributed by atoms with Gasteiger partial charge in [-0.2, -0.15) is 0 Å². The van der Waals surface area contributed by atoms with Crippen molar-refractivity contribution in [2.24, 2.45) is 0 Å². The van der Waals surface area contributed by atoms with Crippen LogP contribution in [0.5, 0.6) is 5.75 Å². The quantitative estimate of drug-likeness (QED) is 0.689. The Labute approximate surface area is 77.9 Å². The minimum atomic E-state index is -4.65. The van der Waals surface area contributed by atoms with Crippen LogP contribution in [0, 0.1) is 6.07 Å². The van der Waals surface area contributed by atoms with Crippen LogP contribution in [0.3, 0.4) is 0 Å². The van der Waals surface area contributed by atoms with Gasteiger partial charge >= 0.3 is 6.36 Å². The van der Waals surface area contributed by atoms with Crippen LogP contribution in [0.4, 0.5) is 13.2 Å². The van der Waals surface area contributed by atoms with Gasteiger partial charge in [0.05, 0.1) is 4.90 Å². The molecule has 0 atom stereocenters. The maximum atomic E-state index is 11.8. The lowest BCUT2D eigenvalue weighted by Crippen LogP contribution is -2.17. The lowest BCUT2D eigenvalue weighted by atomic mass is 10.3. The van der Waals surface area contributed by atoms with E-state index in [4.69, 9.17) is 0 Å². The Morgan fingerprint density at radius 3 is 2.69 bits per heavy atom.